The molecule has 14 aromatic rings. The van der Waals surface area contributed by atoms with Crippen molar-refractivity contribution < 1.29 is 0 Å². The molecule has 290 valence electrons. The van der Waals surface area contributed by atoms with Gasteiger partial charge in [0.05, 0.1) is 0 Å². The average molecular weight is 813 g/mol. The van der Waals surface area contributed by atoms with Crippen molar-refractivity contribution in [3.05, 3.63) is 218 Å². The summed E-state index contributed by atoms with van der Waals surface area (Å²) < 4.78 is 2.65. The third kappa shape index (κ3) is 5.27. The lowest BCUT2D eigenvalue weighted by Crippen LogP contribution is -1.89. The topological polar surface area (TPSA) is 0 Å². The van der Waals surface area contributed by atoms with Crippen LogP contribution in [-0.2, 0) is 0 Å². The lowest BCUT2D eigenvalue weighted by atomic mass is 9.88. The van der Waals surface area contributed by atoms with Crippen molar-refractivity contribution in [1.82, 2.24) is 0 Å². The Morgan fingerprint density at radius 2 is 0.635 bits per heavy atom. The average Bonchev–Trinajstić information content (AvgIpc) is 3.74. The highest BCUT2D eigenvalue weighted by atomic mass is 32.1. The number of rotatable bonds is 5. The fourth-order valence-corrected chi connectivity index (χ4v) is 12.0. The Kier molecular flexibility index (Phi) is 7.37. The lowest BCUT2D eigenvalue weighted by molar-refractivity contribution is 1.57. The molecular weight excluding hydrogens is 777 g/mol. The van der Waals surface area contributed by atoms with Gasteiger partial charge in [-0.25, -0.2) is 0 Å². The third-order valence-electron chi connectivity index (χ3n) is 13.8. The van der Waals surface area contributed by atoms with Gasteiger partial charge in [-0.3, -0.25) is 0 Å². The molecule has 0 nitrogen and oxygen atoms in total. The van der Waals surface area contributed by atoms with E-state index in [4.69, 9.17) is 0 Å². The molecule has 13 aromatic carbocycles. The van der Waals surface area contributed by atoms with Crippen LogP contribution in [0.15, 0.2) is 218 Å². The Morgan fingerprint density at radius 3 is 1.17 bits per heavy atom. The number of fused-ring (bicyclic) bond motifs is 3. The first-order valence-corrected chi connectivity index (χ1v) is 22.6. The van der Waals surface area contributed by atoms with Gasteiger partial charge < -0.3 is 0 Å². The second-order valence-corrected chi connectivity index (χ2v) is 18.2. The predicted octanol–water partition coefficient (Wildman–Crippen LogP) is 18.2. The molecule has 0 fully saturated rings. The van der Waals surface area contributed by atoms with Crippen molar-refractivity contribution in [2.75, 3.05) is 0 Å². The second-order valence-electron chi connectivity index (χ2n) is 17.2. The highest BCUT2D eigenvalue weighted by molar-refractivity contribution is 7.26. The zero-order chi connectivity index (χ0) is 41.2. The monoisotopic (exact) mass is 812 g/mol. The molecule has 0 atom stereocenters. The number of benzene rings is 13. The summed E-state index contributed by atoms with van der Waals surface area (Å²) in [6.07, 6.45) is 0. The summed E-state index contributed by atoms with van der Waals surface area (Å²) in [5.41, 5.74) is 12.3. The Labute approximate surface area is 368 Å². The fourth-order valence-electron chi connectivity index (χ4n) is 10.7. The van der Waals surface area contributed by atoms with Gasteiger partial charge in [-0.15, -0.1) is 11.3 Å². The van der Waals surface area contributed by atoms with E-state index in [1.807, 2.05) is 11.3 Å². The highest BCUT2D eigenvalue weighted by Crippen LogP contribution is 2.45. The quantitative estimate of drug-likeness (QED) is 0.152. The van der Waals surface area contributed by atoms with Gasteiger partial charge in [-0.1, -0.05) is 194 Å². The molecular formula is C62H36S. The summed E-state index contributed by atoms with van der Waals surface area (Å²) >= 11 is 1.89. The van der Waals surface area contributed by atoms with Crippen LogP contribution in [0.3, 0.4) is 0 Å². The van der Waals surface area contributed by atoms with Gasteiger partial charge >= 0.3 is 0 Å². The van der Waals surface area contributed by atoms with Crippen molar-refractivity contribution >= 4 is 96.1 Å². The Balaban J connectivity index is 0.904. The van der Waals surface area contributed by atoms with Crippen LogP contribution in [0.5, 0.6) is 0 Å². The zero-order valence-electron chi connectivity index (χ0n) is 34.2. The lowest BCUT2D eigenvalue weighted by Gasteiger charge is -2.15. The molecule has 0 radical (unpaired) electrons. The first-order valence-electron chi connectivity index (χ1n) is 21.8. The van der Waals surface area contributed by atoms with Crippen LogP contribution in [0.2, 0.25) is 0 Å². The third-order valence-corrected chi connectivity index (χ3v) is 15.0. The molecule has 63 heavy (non-hydrogen) atoms. The van der Waals surface area contributed by atoms with E-state index < -0.39 is 0 Å². The van der Waals surface area contributed by atoms with Crippen LogP contribution < -0.4 is 0 Å². The van der Waals surface area contributed by atoms with E-state index in [1.165, 1.54) is 140 Å². The molecule has 0 aliphatic rings. The first kappa shape index (κ1) is 34.8. The second kappa shape index (κ2) is 13.3. The largest absolute Gasteiger partial charge is 0.135 e. The van der Waals surface area contributed by atoms with E-state index in [1.54, 1.807) is 0 Å². The molecule has 0 bridgehead atoms. The molecule has 1 heteroatoms. The van der Waals surface area contributed by atoms with Gasteiger partial charge in [0.15, 0.2) is 0 Å². The summed E-state index contributed by atoms with van der Waals surface area (Å²) in [5, 5.41) is 18.4. The molecule has 0 N–H and O–H groups in total. The Morgan fingerprint density at radius 1 is 0.222 bits per heavy atom. The zero-order valence-corrected chi connectivity index (χ0v) is 35.0. The SMILES string of the molecule is c1cc2ccc3ccc(-c4ccc(-c5cc(-c6ccc(-c7ccc8ccc9cccc%10ccc7c8c9%10)cc6)cc(-c6cccc7c6sc6ccccc67)c5)cc4)c4ccc(c1)c2c34. The summed E-state index contributed by atoms with van der Waals surface area (Å²) in [6, 6.07) is 81.9. The van der Waals surface area contributed by atoms with E-state index in [-0.39, 0.29) is 0 Å². The van der Waals surface area contributed by atoms with Crippen molar-refractivity contribution in [2.24, 2.45) is 0 Å². The minimum absolute atomic E-state index is 1.20. The van der Waals surface area contributed by atoms with Gasteiger partial charge in [-0.2, -0.15) is 0 Å². The van der Waals surface area contributed by atoms with Crippen LogP contribution in [0.1, 0.15) is 0 Å². The summed E-state index contributed by atoms with van der Waals surface area (Å²) in [5.74, 6) is 0. The van der Waals surface area contributed by atoms with E-state index in [0.29, 0.717) is 0 Å². The maximum absolute atomic E-state index is 2.40. The molecule has 0 saturated heterocycles. The molecule has 0 saturated carbocycles. The molecule has 14 rings (SSSR count). The van der Waals surface area contributed by atoms with Crippen molar-refractivity contribution in [1.29, 1.82) is 0 Å². The smallest absolute Gasteiger partial charge is 0.0433 e. The van der Waals surface area contributed by atoms with Crippen molar-refractivity contribution in [3.8, 4) is 55.6 Å². The number of hydrogen-bond acceptors (Lipinski definition) is 1. The Hall–Kier alpha value is -7.84. The molecule has 0 aliphatic heterocycles. The van der Waals surface area contributed by atoms with Crippen LogP contribution in [-0.4, -0.2) is 0 Å². The fraction of sp³-hybridized carbons (Fsp3) is 0. The van der Waals surface area contributed by atoms with Crippen molar-refractivity contribution in [3.63, 3.8) is 0 Å². The standard InChI is InChI=1S/C62H36S/c1-2-13-57-53(10-1)56-12-5-11-52(62(56)63-57)49-35-47(37-14-18-39(19-15-37)50-30-26-45-24-22-41-6-3-8-43-28-32-54(50)60(45)58(41)43)34-48(36-49)38-16-20-40(21-17-38)51-31-27-46-25-23-42-7-4-9-44-29-33-55(51)61(46)59(42)44/h1-36H. The summed E-state index contributed by atoms with van der Waals surface area (Å²) in [4.78, 5) is 0. The molecule has 0 aliphatic carbocycles. The van der Waals surface area contributed by atoms with E-state index in [2.05, 4.69) is 218 Å². The van der Waals surface area contributed by atoms with Gasteiger partial charge in [0, 0.05) is 20.2 Å². The van der Waals surface area contributed by atoms with E-state index in [9.17, 15) is 0 Å². The van der Waals surface area contributed by atoms with Gasteiger partial charge in [0.2, 0.25) is 0 Å². The minimum Gasteiger partial charge on any atom is -0.135 e. The summed E-state index contributed by atoms with van der Waals surface area (Å²) in [6.45, 7) is 0. The molecule has 1 heterocycles. The van der Waals surface area contributed by atoms with E-state index >= 15 is 0 Å². The molecule has 0 unspecified atom stereocenters. The van der Waals surface area contributed by atoms with Gasteiger partial charge in [-0.05, 0) is 145 Å². The van der Waals surface area contributed by atoms with Crippen LogP contribution >= 0.6 is 11.3 Å². The van der Waals surface area contributed by atoms with Crippen LogP contribution in [0, 0.1) is 0 Å². The van der Waals surface area contributed by atoms with Gasteiger partial charge in [0.25, 0.3) is 0 Å². The van der Waals surface area contributed by atoms with E-state index in [0.717, 1.165) is 0 Å². The number of thiophene rings is 1. The minimum atomic E-state index is 1.20. The summed E-state index contributed by atoms with van der Waals surface area (Å²) in [7, 11) is 0. The highest BCUT2D eigenvalue weighted by Gasteiger charge is 2.17. The van der Waals surface area contributed by atoms with Crippen molar-refractivity contribution in [2.45, 2.75) is 0 Å². The first-order chi connectivity index (χ1) is 31.2. The number of hydrogen-bond donors (Lipinski definition) is 0. The molecule has 0 spiro atoms. The predicted molar refractivity (Wildman–Crippen MR) is 274 cm³/mol. The maximum Gasteiger partial charge on any atom is 0.0433 e. The maximum atomic E-state index is 2.40. The van der Waals surface area contributed by atoms with Crippen LogP contribution in [0.4, 0.5) is 0 Å². The molecule has 0 amide bonds. The Bertz CT molecular complexity index is 3870. The normalized spacial score (nSPS) is 12.1. The van der Waals surface area contributed by atoms with Gasteiger partial charge in [0.1, 0.15) is 0 Å². The van der Waals surface area contributed by atoms with Crippen LogP contribution in [0.25, 0.3) is 140 Å². The molecule has 1 aromatic heterocycles.